The van der Waals surface area contributed by atoms with Crippen molar-refractivity contribution in [2.75, 3.05) is 7.11 Å². The third kappa shape index (κ3) is 2.53. The fourth-order valence-electron chi connectivity index (χ4n) is 2.25. The molecule has 0 spiro atoms. The number of amides is 2. The van der Waals surface area contributed by atoms with Gasteiger partial charge in [0.05, 0.1) is 13.0 Å². The SMILES string of the molecule is CCc1ccc(OC)c(CC2CC(=O)NC2=O)c1. The third-order valence-electron chi connectivity index (χ3n) is 3.28. The van der Waals surface area contributed by atoms with Gasteiger partial charge in [0, 0.05) is 6.42 Å². The van der Waals surface area contributed by atoms with Gasteiger partial charge in [-0.05, 0) is 30.0 Å². The molecule has 0 aliphatic carbocycles. The molecule has 96 valence electrons. The molecule has 1 aromatic rings. The van der Waals surface area contributed by atoms with Gasteiger partial charge in [0.1, 0.15) is 5.75 Å². The highest BCUT2D eigenvalue weighted by atomic mass is 16.5. The van der Waals surface area contributed by atoms with Gasteiger partial charge < -0.3 is 4.74 Å². The van der Waals surface area contributed by atoms with E-state index in [1.807, 2.05) is 12.1 Å². The van der Waals surface area contributed by atoms with E-state index in [1.54, 1.807) is 7.11 Å². The van der Waals surface area contributed by atoms with Crippen LogP contribution in [0.5, 0.6) is 5.75 Å². The molecular weight excluding hydrogens is 230 g/mol. The van der Waals surface area contributed by atoms with Crippen molar-refractivity contribution in [3.05, 3.63) is 29.3 Å². The van der Waals surface area contributed by atoms with Crippen LogP contribution < -0.4 is 10.1 Å². The zero-order chi connectivity index (χ0) is 13.1. The first-order valence-corrected chi connectivity index (χ1v) is 6.13. The van der Waals surface area contributed by atoms with Crippen molar-refractivity contribution in [1.82, 2.24) is 5.32 Å². The molecule has 1 N–H and O–H groups in total. The number of rotatable bonds is 4. The number of methoxy groups -OCH3 is 1. The second kappa shape index (κ2) is 5.21. The fourth-order valence-corrected chi connectivity index (χ4v) is 2.25. The second-order valence-corrected chi connectivity index (χ2v) is 4.52. The van der Waals surface area contributed by atoms with E-state index in [1.165, 1.54) is 5.56 Å². The van der Waals surface area contributed by atoms with Gasteiger partial charge in [0.25, 0.3) is 0 Å². The molecule has 18 heavy (non-hydrogen) atoms. The van der Waals surface area contributed by atoms with Gasteiger partial charge in [-0.15, -0.1) is 0 Å². The molecule has 2 rings (SSSR count). The molecule has 1 unspecified atom stereocenters. The van der Waals surface area contributed by atoms with Crippen molar-refractivity contribution in [3.8, 4) is 5.75 Å². The van der Waals surface area contributed by atoms with E-state index in [9.17, 15) is 9.59 Å². The zero-order valence-corrected chi connectivity index (χ0v) is 10.7. The summed E-state index contributed by atoms with van der Waals surface area (Å²) in [5, 5.41) is 2.33. The molecule has 4 nitrogen and oxygen atoms in total. The van der Waals surface area contributed by atoms with Gasteiger partial charge in [0.2, 0.25) is 11.8 Å². The molecule has 1 aliphatic heterocycles. The first kappa shape index (κ1) is 12.6. The first-order valence-electron chi connectivity index (χ1n) is 6.13. The molecule has 1 fully saturated rings. The van der Waals surface area contributed by atoms with Crippen LogP contribution >= 0.6 is 0 Å². The standard InChI is InChI=1S/C14H17NO3/c1-3-9-4-5-12(18-2)10(6-9)7-11-8-13(16)15-14(11)17/h4-6,11H,3,7-8H2,1-2H3,(H,15,16,17). The Morgan fingerprint density at radius 3 is 2.72 bits per heavy atom. The second-order valence-electron chi connectivity index (χ2n) is 4.52. The lowest BCUT2D eigenvalue weighted by atomic mass is 9.95. The van der Waals surface area contributed by atoms with Gasteiger partial charge in [-0.2, -0.15) is 0 Å². The minimum Gasteiger partial charge on any atom is -0.496 e. The monoisotopic (exact) mass is 247 g/mol. The number of carbonyl (C=O) groups excluding carboxylic acids is 2. The predicted molar refractivity (Wildman–Crippen MR) is 67.3 cm³/mol. The topological polar surface area (TPSA) is 55.4 Å². The summed E-state index contributed by atoms with van der Waals surface area (Å²) in [6.07, 6.45) is 1.76. The number of benzene rings is 1. The Bertz CT molecular complexity index is 482. The third-order valence-corrected chi connectivity index (χ3v) is 3.28. The van der Waals surface area contributed by atoms with Crippen molar-refractivity contribution >= 4 is 11.8 Å². The van der Waals surface area contributed by atoms with Gasteiger partial charge in [0.15, 0.2) is 0 Å². The molecule has 2 amide bonds. The van der Waals surface area contributed by atoms with Crippen molar-refractivity contribution in [2.24, 2.45) is 5.92 Å². The predicted octanol–water partition coefficient (Wildman–Crippen LogP) is 1.46. The average molecular weight is 247 g/mol. The van der Waals surface area contributed by atoms with Crippen LogP contribution in [0.2, 0.25) is 0 Å². The van der Waals surface area contributed by atoms with E-state index < -0.39 is 0 Å². The van der Waals surface area contributed by atoms with E-state index in [-0.39, 0.29) is 24.2 Å². The summed E-state index contributed by atoms with van der Waals surface area (Å²) in [6, 6.07) is 5.99. The number of hydrogen-bond donors (Lipinski definition) is 1. The van der Waals surface area contributed by atoms with Gasteiger partial charge in [-0.25, -0.2) is 0 Å². The van der Waals surface area contributed by atoms with E-state index in [0.717, 1.165) is 17.7 Å². The van der Waals surface area contributed by atoms with Gasteiger partial charge in [-0.1, -0.05) is 19.1 Å². The summed E-state index contributed by atoms with van der Waals surface area (Å²) >= 11 is 0. The van der Waals surface area contributed by atoms with Crippen LogP contribution in [0.3, 0.4) is 0 Å². The van der Waals surface area contributed by atoms with Gasteiger partial charge >= 0.3 is 0 Å². The molecule has 0 aromatic heterocycles. The zero-order valence-electron chi connectivity index (χ0n) is 10.7. The molecule has 1 heterocycles. The summed E-state index contributed by atoms with van der Waals surface area (Å²) in [4.78, 5) is 22.7. The Morgan fingerprint density at radius 2 is 2.17 bits per heavy atom. The Morgan fingerprint density at radius 1 is 1.39 bits per heavy atom. The fraction of sp³-hybridized carbons (Fsp3) is 0.429. The lowest BCUT2D eigenvalue weighted by Crippen LogP contribution is -2.23. The van der Waals surface area contributed by atoms with Crippen molar-refractivity contribution < 1.29 is 14.3 Å². The van der Waals surface area contributed by atoms with E-state index in [4.69, 9.17) is 4.74 Å². The summed E-state index contributed by atoms with van der Waals surface area (Å²) in [6.45, 7) is 2.08. The molecule has 1 atom stereocenters. The minimum absolute atomic E-state index is 0.177. The van der Waals surface area contributed by atoms with Crippen LogP contribution in [0.4, 0.5) is 0 Å². The number of nitrogens with one attached hydrogen (secondary N) is 1. The number of ether oxygens (including phenoxy) is 1. The number of hydrogen-bond acceptors (Lipinski definition) is 3. The Hall–Kier alpha value is -1.84. The van der Waals surface area contributed by atoms with Crippen LogP contribution in [0.15, 0.2) is 18.2 Å². The number of carbonyl (C=O) groups is 2. The maximum Gasteiger partial charge on any atom is 0.230 e. The maximum atomic E-state index is 11.6. The Balaban J connectivity index is 2.21. The van der Waals surface area contributed by atoms with Crippen LogP contribution in [0.1, 0.15) is 24.5 Å². The molecule has 1 saturated heterocycles. The van der Waals surface area contributed by atoms with Crippen LogP contribution in [0, 0.1) is 5.92 Å². The molecule has 0 radical (unpaired) electrons. The number of imide groups is 1. The van der Waals surface area contributed by atoms with Gasteiger partial charge in [-0.3, -0.25) is 14.9 Å². The lowest BCUT2D eigenvalue weighted by Gasteiger charge is -2.12. The normalized spacial score (nSPS) is 18.9. The summed E-state index contributed by atoms with van der Waals surface area (Å²) in [7, 11) is 1.62. The Labute approximate surface area is 106 Å². The molecule has 1 aliphatic rings. The van der Waals surface area contributed by atoms with Crippen molar-refractivity contribution in [1.29, 1.82) is 0 Å². The van der Waals surface area contributed by atoms with Crippen LogP contribution in [0.25, 0.3) is 0 Å². The summed E-state index contributed by atoms with van der Waals surface area (Å²) in [5.74, 6) is 0.150. The van der Waals surface area contributed by atoms with Crippen molar-refractivity contribution in [3.63, 3.8) is 0 Å². The molecule has 1 aromatic carbocycles. The molecule has 4 heteroatoms. The highest BCUT2D eigenvalue weighted by Crippen LogP contribution is 2.26. The average Bonchev–Trinajstić information content (AvgIpc) is 2.67. The summed E-state index contributed by atoms with van der Waals surface area (Å²) in [5.41, 5.74) is 2.20. The minimum atomic E-state index is -0.265. The molecular formula is C14H17NO3. The highest BCUT2D eigenvalue weighted by Gasteiger charge is 2.31. The summed E-state index contributed by atoms with van der Waals surface area (Å²) < 4.78 is 5.30. The smallest absolute Gasteiger partial charge is 0.230 e. The van der Waals surface area contributed by atoms with Crippen molar-refractivity contribution in [2.45, 2.75) is 26.2 Å². The highest BCUT2D eigenvalue weighted by molar-refractivity contribution is 6.03. The van der Waals surface area contributed by atoms with Crippen LogP contribution in [-0.2, 0) is 22.4 Å². The largest absolute Gasteiger partial charge is 0.496 e. The first-order chi connectivity index (χ1) is 8.63. The van der Waals surface area contributed by atoms with E-state index in [2.05, 4.69) is 18.3 Å². The molecule has 0 bridgehead atoms. The number of aryl methyl sites for hydroxylation is 1. The van der Waals surface area contributed by atoms with Crippen LogP contribution in [-0.4, -0.2) is 18.9 Å². The molecule has 0 saturated carbocycles. The van der Waals surface area contributed by atoms with E-state index >= 15 is 0 Å². The quantitative estimate of drug-likeness (QED) is 0.820. The Kier molecular flexibility index (Phi) is 3.65. The maximum absolute atomic E-state index is 11.6. The van der Waals surface area contributed by atoms with E-state index in [0.29, 0.717) is 6.42 Å². The lowest BCUT2D eigenvalue weighted by molar-refractivity contribution is -0.125.